The number of carbonyl (C=O) groups is 1. The molecule has 158 valence electrons. The van der Waals surface area contributed by atoms with Crippen molar-refractivity contribution in [2.24, 2.45) is 0 Å². The lowest BCUT2D eigenvalue weighted by molar-refractivity contribution is -0.274. The van der Waals surface area contributed by atoms with Crippen molar-refractivity contribution in [3.8, 4) is 5.75 Å². The van der Waals surface area contributed by atoms with Crippen molar-refractivity contribution < 1.29 is 32.5 Å². The number of ether oxygens (including phenoxy) is 2. The Labute approximate surface area is 175 Å². The molecule has 0 fully saturated rings. The van der Waals surface area contributed by atoms with Crippen molar-refractivity contribution in [1.29, 1.82) is 0 Å². The standard InChI is InChI=1S/C19H18Cl2F3NO4/c1-18(2,3)29-17(27)25-13-8-7-10(20)9-12(13)16(26)11-5-4-6-14(15(11)21)28-19(22,23)24/h4-9,16,26H,1-3H3,(H,25,27)/t16-/m0/s1. The van der Waals surface area contributed by atoms with E-state index in [1.54, 1.807) is 20.8 Å². The number of hydrogen-bond donors (Lipinski definition) is 2. The third-order valence-corrected chi connectivity index (χ3v) is 4.10. The second-order valence-corrected chi connectivity index (χ2v) is 7.78. The fraction of sp³-hybridized carbons (Fsp3) is 0.316. The number of amides is 1. The molecule has 2 rings (SSSR count). The molecule has 0 aliphatic rings. The molecule has 0 saturated heterocycles. The lowest BCUT2D eigenvalue weighted by Gasteiger charge is -2.22. The number of aliphatic hydroxyl groups excluding tert-OH is 1. The second-order valence-electron chi connectivity index (χ2n) is 6.97. The van der Waals surface area contributed by atoms with E-state index in [2.05, 4.69) is 10.1 Å². The molecule has 0 unspecified atom stereocenters. The van der Waals surface area contributed by atoms with Crippen LogP contribution >= 0.6 is 23.2 Å². The van der Waals surface area contributed by atoms with E-state index in [9.17, 15) is 23.1 Å². The van der Waals surface area contributed by atoms with Gasteiger partial charge in [-0.05, 0) is 45.0 Å². The first-order valence-electron chi connectivity index (χ1n) is 8.28. The van der Waals surface area contributed by atoms with Crippen LogP contribution in [0.4, 0.5) is 23.7 Å². The number of nitrogens with one attached hydrogen (secondary N) is 1. The van der Waals surface area contributed by atoms with Crippen LogP contribution in [0.5, 0.6) is 5.75 Å². The van der Waals surface area contributed by atoms with Crippen molar-refractivity contribution in [3.63, 3.8) is 0 Å². The van der Waals surface area contributed by atoms with Crippen LogP contribution in [0.2, 0.25) is 10.0 Å². The fourth-order valence-corrected chi connectivity index (χ4v) is 2.85. The highest BCUT2D eigenvalue weighted by Crippen LogP contribution is 2.39. The van der Waals surface area contributed by atoms with E-state index in [1.165, 1.54) is 30.3 Å². The van der Waals surface area contributed by atoms with Crippen LogP contribution in [-0.4, -0.2) is 23.2 Å². The molecule has 0 aliphatic carbocycles. The number of hydrogen-bond acceptors (Lipinski definition) is 4. The zero-order valence-corrected chi connectivity index (χ0v) is 17.1. The minimum atomic E-state index is -4.95. The van der Waals surface area contributed by atoms with Crippen molar-refractivity contribution in [2.45, 2.75) is 38.8 Å². The molecule has 0 radical (unpaired) electrons. The molecular formula is C19H18Cl2F3NO4. The van der Waals surface area contributed by atoms with Gasteiger partial charge < -0.3 is 14.6 Å². The number of anilines is 1. The summed E-state index contributed by atoms with van der Waals surface area (Å²) in [5.74, 6) is -0.667. The Kier molecular flexibility index (Phi) is 6.93. The predicted octanol–water partition coefficient (Wildman–Crippen LogP) is 6.32. The summed E-state index contributed by atoms with van der Waals surface area (Å²) in [5, 5.41) is 13.1. The first-order valence-corrected chi connectivity index (χ1v) is 9.04. The van der Waals surface area contributed by atoms with Gasteiger partial charge in [-0.2, -0.15) is 0 Å². The number of aliphatic hydroxyl groups is 1. The van der Waals surface area contributed by atoms with Crippen molar-refractivity contribution >= 4 is 35.0 Å². The molecule has 29 heavy (non-hydrogen) atoms. The minimum absolute atomic E-state index is 0.0667. The Morgan fingerprint density at radius 3 is 2.34 bits per heavy atom. The van der Waals surface area contributed by atoms with Crippen molar-refractivity contribution in [3.05, 3.63) is 57.6 Å². The summed E-state index contributed by atoms with van der Waals surface area (Å²) in [4.78, 5) is 12.1. The first-order chi connectivity index (χ1) is 13.3. The second kappa shape index (κ2) is 8.69. The Hall–Kier alpha value is -2.16. The quantitative estimate of drug-likeness (QED) is 0.570. The van der Waals surface area contributed by atoms with Gasteiger partial charge in [-0.25, -0.2) is 4.79 Å². The van der Waals surface area contributed by atoms with Gasteiger partial charge in [0, 0.05) is 16.1 Å². The molecule has 1 atom stereocenters. The average molecular weight is 452 g/mol. The van der Waals surface area contributed by atoms with Crippen LogP contribution in [0.1, 0.15) is 38.0 Å². The molecule has 2 aromatic rings. The van der Waals surface area contributed by atoms with E-state index in [-0.39, 0.29) is 21.8 Å². The summed E-state index contributed by atoms with van der Waals surface area (Å²) < 4.78 is 46.7. The molecule has 0 heterocycles. The number of halogens is 5. The zero-order valence-electron chi connectivity index (χ0n) is 15.6. The van der Waals surface area contributed by atoms with Gasteiger partial charge in [-0.15, -0.1) is 13.2 Å². The van der Waals surface area contributed by atoms with E-state index in [4.69, 9.17) is 27.9 Å². The molecule has 0 bridgehead atoms. The van der Waals surface area contributed by atoms with Gasteiger partial charge in [-0.3, -0.25) is 5.32 Å². The van der Waals surface area contributed by atoms with Gasteiger partial charge >= 0.3 is 12.5 Å². The molecule has 5 nitrogen and oxygen atoms in total. The van der Waals surface area contributed by atoms with Gasteiger partial charge in [0.1, 0.15) is 17.5 Å². The minimum Gasteiger partial charge on any atom is -0.444 e. The van der Waals surface area contributed by atoms with Crippen molar-refractivity contribution in [2.75, 3.05) is 5.32 Å². The maximum Gasteiger partial charge on any atom is 0.573 e. The molecule has 0 aliphatic heterocycles. The Morgan fingerprint density at radius 2 is 1.76 bits per heavy atom. The largest absolute Gasteiger partial charge is 0.573 e. The fourth-order valence-electron chi connectivity index (χ4n) is 2.40. The van der Waals surface area contributed by atoms with E-state index in [1.807, 2.05) is 0 Å². The van der Waals surface area contributed by atoms with E-state index in [0.717, 1.165) is 6.07 Å². The molecule has 10 heteroatoms. The molecule has 1 amide bonds. The number of rotatable bonds is 4. The highest BCUT2D eigenvalue weighted by atomic mass is 35.5. The van der Waals surface area contributed by atoms with Gasteiger partial charge in [-0.1, -0.05) is 35.3 Å². The third-order valence-electron chi connectivity index (χ3n) is 3.46. The van der Waals surface area contributed by atoms with E-state index < -0.39 is 34.9 Å². The van der Waals surface area contributed by atoms with Gasteiger partial charge in [0.15, 0.2) is 0 Å². The monoisotopic (exact) mass is 451 g/mol. The lowest BCUT2D eigenvalue weighted by atomic mass is 9.99. The molecule has 2 N–H and O–H groups in total. The first kappa shape index (κ1) is 23.1. The summed E-state index contributed by atoms with van der Waals surface area (Å²) in [5.41, 5.74) is -0.575. The van der Waals surface area contributed by atoms with Crippen LogP contribution in [0.15, 0.2) is 36.4 Å². The SMILES string of the molecule is CC(C)(C)OC(=O)Nc1ccc(Cl)cc1[C@@H](O)c1cccc(OC(F)(F)F)c1Cl. The smallest absolute Gasteiger partial charge is 0.444 e. The third kappa shape index (κ3) is 6.69. The number of carbonyl (C=O) groups excluding carboxylic acids is 1. The Morgan fingerprint density at radius 1 is 1.10 bits per heavy atom. The molecular weight excluding hydrogens is 434 g/mol. The zero-order chi connectivity index (χ0) is 22.0. The van der Waals surface area contributed by atoms with Crippen LogP contribution in [0.3, 0.4) is 0 Å². The topological polar surface area (TPSA) is 67.8 Å². The van der Waals surface area contributed by atoms with Crippen LogP contribution < -0.4 is 10.1 Å². The lowest BCUT2D eigenvalue weighted by Crippen LogP contribution is -2.27. The molecule has 0 saturated carbocycles. The summed E-state index contributed by atoms with van der Waals surface area (Å²) in [6.07, 6.45) is -7.25. The Balaban J connectivity index is 2.41. The summed E-state index contributed by atoms with van der Waals surface area (Å²) in [7, 11) is 0. The highest BCUT2D eigenvalue weighted by molar-refractivity contribution is 6.33. The van der Waals surface area contributed by atoms with Crippen LogP contribution in [0.25, 0.3) is 0 Å². The molecule has 0 spiro atoms. The maximum atomic E-state index is 12.6. The molecule has 2 aromatic carbocycles. The number of benzene rings is 2. The summed E-state index contributed by atoms with van der Waals surface area (Å²) in [6.45, 7) is 5.03. The normalized spacial score (nSPS) is 13.0. The molecule has 0 aromatic heterocycles. The summed E-state index contributed by atoms with van der Waals surface area (Å²) >= 11 is 12.0. The van der Waals surface area contributed by atoms with E-state index in [0.29, 0.717) is 0 Å². The predicted molar refractivity (Wildman–Crippen MR) is 104 cm³/mol. The Bertz CT molecular complexity index is 898. The van der Waals surface area contributed by atoms with Crippen LogP contribution in [0, 0.1) is 0 Å². The maximum absolute atomic E-state index is 12.6. The van der Waals surface area contributed by atoms with Gasteiger partial charge in [0.2, 0.25) is 0 Å². The van der Waals surface area contributed by atoms with Crippen molar-refractivity contribution in [1.82, 2.24) is 0 Å². The van der Waals surface area contributed by atoms with Gasteiger partial charge in [0.25, 0.3) is 0 Å². The number of alkyl halides is 3. The highest BCUT2D eigenvalue weighted by Gasteiger charge is 2.33. The van der Waals surface area contributed by atoms with E-state index >= 15 is 0 Å². The van der Waals surface area contributed by atoms with Crippen LogP contribution in [-0.2, 0) is 4.74 Å². The average Bonchev–Trinajstić information content (AvgIpc) is 2.55. The summed E-state index contributed by atoms with van der Waals surface area (Å²) in [6, 6.07) is 7.84. The van der Waals surface area contributed by atoms with Gasteiger partial charge in [0.05, 0.1) is 10.7 Å².